The predicted octanol–water partition coefficient (Wildman–Crippen LogP) is 0.0218. The van der Waals surface area contributed by atoms with Gasteiger partial charge in [0, 0.05) is 44.5 Å². The molecular formula is C14H25N5O. The smallest absolute Gasteiger partial charge is 0.231 e. The molecule has 0 radical (unpaired) electrons. The molecule has 0 atom stereocenters. The molecule has 0 bridgehead atoms. The van der Waals surface area contributed by atoms with Gasteiger partial charge in [-0.1, -0.05) is 6.92 Å². The molecule has 3 N–H and O–H groups in total. The van der Waals surface area contributed by atoms with E-state index in [0.29, 0.717) is 12.6 Å². The Balaban J connectivity index is 1.77. The molecule has 0 spiro atoms. The zero-order valence-corrected chi connectivity index (χ0v) is 12.4. The van der Waals surface area contributed by atoms with Crippen molar-refractivity contribution in [1.82, 2.24) is 20.0 Å². The first kappa shape index (κ1) is 15.0. The first-order valence-electron chi connectivity index (χ1n) is 7.34. The van der Waals surface area contributed by atoms with Crippen LogP contribution >= 0.6 is 0 Å². The lowest BCUT2D eigenvalue weighted by molar-refractivity contribution is -0.119. The Morgan fingerprint density at radius 3 is 2.80 bits per heavy atom. The van der Waals surface area contributed by atoms with Gasteiger partial charge in [-0.25, -0.2) is 0 Å². The maximum Gasteiger partial charge on any atom is 0.231 e. The molecule has 0 aliphatic carbocycles. The summed E-state index contributed by atoms with van der Waals surface area (Å²) in [6, 6.07) is 0.518. The number of hydrogen-bond donors (Lipinski definition) is 2. The van der Waals surface area contributed by atoms with Gasteiger partial charge in [0.15, 0.2) is 0 Å². The molecule has 1 saturated heterocycles. The molecule has 1 aromatic heterocycles. The van der Waals surface area contributed by atoms with E-state index in [1.807, 2.05) is 11.7 Å². The van der Waals surface area contributed by atoms with Crippen LogP contribution < -0.4 is 11.1 Å². The highest BCUT2D eigenvalue weighted by Crippen LogP contribution is 2.12. The standard InChI is InChI=1S/C14H25N5O/c1-3-13-11(9-18(2)17-13)8-16-12-4-6-19(7-5-12)10-14(15)20/h9,12,16H,3-8,10H2,1-2H3,(H2,15,20). The summed E-state index contributed by atoms with van der Waals surface area (Å²) in [5.41, 5.74) is 7.68. The fourth-order valence-corrected chi connectivity index (χ4v) is 2.80. The molecule has 2 heterocycles. The van der Waals surface area contributed by atoms with Crippen molar-refractivity contribution in [3.63, 3.8) is 0 Å². The lowest BCUT2D eigenvalue weighted by Crippen LogP contribution is -2.45. The fraction of sp³-hybridized carbons (Fsp3) is 0.714. The second-order valence-electron chi connectivity index (χ2n) is 5.53. The van der Waals surface area contributed by atoms with Crippen LogP contribution in [0, 0.1) is 0 Å². The molecule has 20 heavy (non-hydrogen) atoms. The van der Waals surface area contributed by atoms with Crippen LogP contribution in [0.25, 0.3) is 0 Å². The van der Waals surface area contributed by atoms with Crippen LogP contribution in [0.5, 0.6) is 0 Å². The predicted molar refractivity (Wildman–Crippen MR) is 78.1 cm³/mol. The van der Waals surface area contributed by atoms with E-state index in [0.717, 1.165) is 38.9 Å². The number of likely N-dealkylation sites (tertiary alicyclic amines) is 1. The van der Waals surface area contributed by atoms with Crippen LogP contribution in [-0.2, 0) is 24.8 Å². The van der Waals surface area contributed by atoms with Gasteiger partial charge in [-0.05, 0) is 19.3 Å². The van der Waals surface area contributed by atoms with Crippen LogP contribution in [0.3, 0.4) is 0 Å². The SMILES string of the molecule is CCc1nn(C)cc1CNC1CCN(CC(N)=O)CC1. The van der Waals surface area contributed by atoms with Gasteiger partial charge in [0.25, 0.3) is 0 Å². The Bertz CT molecular complexity index is 448. The van der Waals surface area contributed by atoms with E-state index in [4.69, 9.17) is 5.73 Å². The number of primary amides is 1. The minimum absolute atomic E-state index is 0.237. The molecule has 1 amide bonds. The van der Waals surface area contributed by atoms with Crippen molar-refractivity contribution in [2.45, 2.75) is 38.8 Å². The zero-order chi connectivity index (χ0) is 14.5. The van der Waals surface area contributed by atoms with Crippen molar-refractivity contribution in [2.75, 3.05) is 19.6 Å². The Labute approximate surface area is 120 Å². The summed E-state index contributed by atoms with van der Waals surface area (Å²) >= 11 is 0. The first-order chi connectivity index (χ1) is 9.58. The van der Waals surface area contributed by atoms with Crippen LogP contribution in [0.1, 0.15) is 31.0 Å². The Morgan fingerprint density at radius 2 is 2.20 bits per heavy atom. The summed E-state index contributed by atoms with van der Waals surface area (Å²) in [4.78, 5) is 13.0. The average Bonchev–Trinajstić information content (AvgIpc) is 2.78. The highest BCUT2D eigenvalue weighted by Gasteiger charge is 2.20. The normalized spacial score (nSPS) is 17.5. The van der Waals surface area contributed by atoms with Gasteiger partial charge in [0.2, 0.25) is 5.91 Å². The number of carbonyl (C=O) groups is 1. The van der Waals surface area contributed by atoms with E-state index in [9.17, 15) is 4.79 Å². The maximum atomic E-state index is 10.9. The van der Waals surface area contributed by atoms with Crippen LogP contribution in [-0.4, -0.2) is 46.3 Å². The second-order valence-corrected chi connectivity index (χ2v) is 5.53. The summed E-state index contributed by atoms with van der Waals surface area (Å²) < 4.78 is 1.88. The molecule has 1 fully saturated rings. The Hall–Kier alpha value is -1.40. The van der Waals surface area contributed by atoms with Gasteiger partial charge in [-0.15, -0.1) is 0 Å². The van der Waals surface area contributed by atoms with Crippen molar-refractivity contribution >= 4 is 5.91 Å². The molecule has 1 aliphatic heterocycles. The van der Waals surface area contributed by atoms with Crippen molar-refractivity contribution in [1.29, 1.82) is 0 Å². The Kier molecular flexibility index (Phi) is 5.14. The third kappa shape index (κ3) is 4.05. The molecule has 1 aliphatic rings. The largest absolute Gasteiger partial charge is 0.369 e. The second kappa shape index (κ2) is 6.85. The lowest BCUT2D eigenvalue weighted by Gasteiger charge is -2.31. The van der Waals surface area contributed by atoms with Gasteiger partial charge >= 0.3 is 0 Å². The highest BCUT2D eigenvalue weighted by molar-refractivity contribution is 5.75. The Morgan fingerprint density at radius 1 is 1.50 bits per heavy atom. The van der Waals surface area contributed by atoms with E-state index in [-0.39, 0.29) is 5.91 Å². The number of aryl methyl sites for hydroxylation is 2. The third-order valence-electron chi connectivity index (χ3n) is 3.87. The van der Waals surface area contributed by atoms with Crippen molar-refractivity contribution in [3.05, 3.63) is 17.5 Å². The number of nitrogens with two attached hydrogens (primary N) is 1. The summed E-state index contributed by atoms with van der Waals surface area (Å²) in [5.74, 6) is -0.237. The zero-order valence-electron chi connectivity index (χ0n) is 12.4. The molecule has 112 valence electrons. The van der Waals surface area contributed by atoms with Crippen molar-refractivity contribution < 1.29 is 4.79 Å². The molecule has 0 saturated carbocycles. The number of nitrogens with zero attached hydrogens (tertiary/aromatic N) is 3. The average molecular weight is 279 g/mol. The monoisotopic (exact) mass is 279 g/mol. The lowest BCUT2D eigenvalue weighted by atomic mass is 10.0. The number of amides is 1. The van der Waals surface area contributed by atoms with Gasteiger partial charge in [-0.3, -0.25) is 14.4 Å². The highest BCUT2D eigenvalue weighted by atomic mass is 16.1. The van der Waals surface area contributed by atoms with E-state index < -0.39 is 0 Å². The molecule has 1 aromatic rings. The summed E-state index contributed by atoms with van der Waals surface area (Å²) in [5, 5.41) is 8.06. The third-order valence-corrected chi connectivity index (χ3v) is 3.87. The number of carbonyl (C=O) groups excluding carboxylic acids is 1. The number of piperidine rings is 1. The maximum absolute atomic E-state index is 10.9. The molecule has 0 unspecified atom stereocenters. The summed E-state index contributed by atoms with van der Waals surface area (Å²) in [6.07, 6.45) is 5.19. The van der Waals surface area contributed by atoms with Crippen LogP contribution in [0.15, 0.2) is 6.20 Å². The van der Waals surface area contributed by atoms with Crippen LogP contribution in [0.2, 0.25) is 0 Å². The molecular weight excluding hydrogens is 254 g/mol. The van der Waals surface area contributed by atoms with Crippen LogP contribution in [0.4, 0.5) is 0 Å². The van der Waals surface area contributed by atoms with Gasteiger partial charge in [0.1, 0.15) is 0 Å². The summed E-state index contributed by atoms with van der Waals surface area (Å²) in [6.45, 7) is 5.27. The number of nitrogens with one attached hydrogen (secondary N) is 1. The summed E-state index contributed by atoms with van der Waals surface area (Å²) in [7, 11) is 1.96. The van der Waals surface area contributed by atoms with E-state index in [2.05, 4.69) is 28.4 Å². The molecule has 6 nitrogen and oxygen atoms in total. The quantitative estimate of drug-likeness (QED) is 0.770. The fourth-order valence-electron chi connectivity index (χ4n) is 2.80. The minimum atomic E-state index is -0.237. The van der Waals surface area contributed by atoms with Gasteiger partial charge in [0.05, 0.1) is 12.2 Å². The number of aromatic nitrogens is 2. The molecule has 2 rings (SSSR count). The topological polar surface area (TPSA) is 76.2 Å². The molecule has 6 heteroatoms. The van der Waals surface area contributed by atoms with E-state index in [1.165, 1.54) is 11.3 Å². The van der Waals surface area contributed by atoms with Crippen molar-refractivity contribution in [2.24, 2.45) is 12.8 Å². The van der Waals surface area contributed by atoms with Crippen molar-refractivity contribution in [3.8, 4) is 0 Å². The number of rotatable bonds is 6. The first-order valence-corrected chi connectivity index (χ1v) is 7.34. The van der Waals surface area contributed by atoms with E-state index >= 15 is 0 Å². The molecule has 0 aromatic carbocycles. The minimum Gasteiger partial charge on any atom is -0.369 e. The van der Waals surface area contributed by atoms with Gasteiger partial charge < -0.3 is 11.1 Å². The van der Waals surface area contributed by atoms with Gasteiger partial charge in [-0.2, -0.15) is 5.10 Å². The van der Waals surface area contributed by atoms with E-state index in [1.54, 1.807) is 0 Å². The number of hydrogen-bond acceptors (Lipinski definition) is 4.